The van der Waals surface area contributed by atoms with Crippen LogP contribution in [-0.2, 0) is 27.2 Å². The van der Waals surface area contributed by atoms with Crippen LogP contribution in [0.1, 0.15) is 37.3 Å². The summed E-state index contributed by atoms with van der Waals surface area (Å²) in [6, 6.07) is 8.51. The molecule has 1 aromatic rings. The Morgan fingerprint density at radius 1 is 1.04 bits per heavy atom. The van der Waals surface area contributed by atoms with Crippen LogP contribution >= 0.6 is 0 Å². The SMILES string of the molecule is CCc1ccc(CCC(=O)N2CCCC(C(=O)N3CCOCC3)C2)cc1. The molecule has 5 heteroatoms. The summed E-state index contributed by atoms with van der Waals surface area (Å²) in [7, 11) is 0. The number of ether oxygens (including phenoxy) is 1. The third-order valence-electron chi connectivity index (χ3n) is 5.50. The fourth-order valence-electron chi connectivity index (χ4n) is 3.80. The Balaban J connectivity index is 1.49. The molecule has 0 bridgehead atoms. The molecule has 5 nitrogen and oxygen atoms in total. The molecule has 2 heterocycles. The van der Waals surface area contributed by atoms with Gasteiger partial charge in [0.25, 0.3) is 0 Å². The number of nitrogens with zero attached hydrogens (tertiary/aromatic N) is 2. The van der Waals surface area contributed by atoms with Crippen LogP contribution in [0.15, 0.2) is 24.3 Å². The number of amides is 2. The maximum absolute atomic E-state index is 12.7. The minimum absolute atomic E-state index is 0.0466. The van der Waals surface area contributed by atoms with Gasteiger partial charge < -0.3 is 14.5 Å². The van der Waals surface area contributed by atoms with Gasteiger partial charge in [0.1, 0.15) is 0 Å². The van der Waals surface area contributed by atoms with E-state index in [1.54, 1.807) is 0 Å². The normalized spacial score (nSPS) is 20.9. The summed E-state index contributed by atoms with van der Waals surface area (Å²) in [5.41, 5.74) is 2.52. The topological polar surface area (TPSA) is 49.9 Å². The summed E-state index contributed by atoms with van der Waals surface area (Å²) >= 11 is 0. The average molecular weight is 358 g/mol. The fraction of sp³-hybridized carbons (Fsp3) is 0.619. The molecule has 1 unspecified atom stereocenters. The van der Waals surface area contributed by atoms with Gasteiger partial charge in [0, 0.05) is 32.6 Å². The largest absolute Gasteiger partial charge is 0.378 e. The zero-order valence-corrected chi connectivity index (χ0v) is 15.8. The van der Waals surface area contributed by atoms with Crippen LogP contribution < -0.4 is 0 Å². The number of rotatable bonds is 5. The van der Waals surface area contributed by atoms with Crippen molar-refractivity contribution in [3.8, 4) is 0 Å². The lowest BCUT2D eigenvalue weighted by Gasteiger charge is -2.36. The summed E-state index contributed by atoms with van der Waals surface area (Å²) in [5.74, 6) is 0.319. The molecule has 2 fully saturated rings. The van der Waals surface area contributed by atoms with Crippen molar-refractivity contribution in [3.05, 3.63) is 35.4 Å². The second-order valence-electron chi connectivity index (χ2n) is 7.29. The number of hydrogen-bond donors (Lipinski definition) is 0. The number of benzene rings is 1. The first-order valence-corrected chi connectivity index (χ1v) is 9.89. The van der Waals surface area contributed by atoms with Crippen LogP contribution in [0.3, 0.4) is 0 Å². The van der Waals surface area contributed by atoms with Crippen LogP contribution in [-0.4, -0.2) is 61.0 Å². The van der Waals surface area contributed by atoms with E-state index < -0.39 is 0 Å². The molecule has 3 rings (SSSR count). The molecule has 0 N–H and O–H groups in total. The zero-order chi connectivity index (χ0) is 18.4. The monoisotopic (exact) mass is 358 g/mol. The number of carbonyl (C=O) groups excluding carboxylic acids is 2. The Kier molecular flexibility index (Phi) is 6.67. The number of morpholine rings is 1. The van der Waals surface area contributed by atoms with Crippen molar-refractivity contribution in [2.75, 3.05) is 39.4 Å². The highest BCUT2D eigenvalue weighted by molar-refractivity contribution is 5.81. The number of hydrogen-bond acceptors (Lipinski definition) is 3. The van der Waals surface area contributed by atoms with Crippen LogP contribution in [0.5, 0.6) is 0 Å². The highest BCUT2D eigenvalue weighted by atomic mass is 16.5. The van der Waals surface area contributed by atoms with Crippen molar-refractivity contribution in [3.63, 3.8) is 0 Å². The van der Waals surface area contributed by atoms with E-state index >= 15 is 0 Å². The first-order valence-electron chi connectivity index (χ1n) is 9.89. The Morgan fingerprint density at radius 2 is 1.73 bits per heavy atom. The van der Waals surface area contributed by atoms with Gasteiger partial charge in [-0.25, -0.2) is 0 Å². The van der Waals surface area contributed by atoms with Crippen LogP contribution in [0.2, 0.25) is 0 Å². The number of carbonyl (C=O) groups is 2. The van der Waals surface area contributed by atoms with Crippen LogP contribution in [0.25, 0.3) is 0 Å². The van der Waals surface area contributed by atoms with Gasteiger partial charge in [-0.2, -0.15) is 0 Å². The summed E-state index contributed by atoms with van der Waals surface area (Å²) in [5, 5.41) is 0. The summed E-state index contributed by atoms with van der Waals surface area (Å²) < 4.78 is 5.33. The molecule has 0 saturated carbocycles. The zero-order valence-electron chi connectivity index (χ0n) is 15.8. The first kappa shape index (κ1) is 18.9. The van der Waals surface area contributed by atoms with Crippen molar-refractivity contribution >= 4 is 11.8 Å². The van der Waals surface area contributed by atoms with Gasteiger partial charge in [-0.3, -0.25) is 9.59 Å². The molecule has 0 aromatic heterocycles. The highest BCUT2D eigenvalue weighted by Gasteiger charge is 2.31. The van der Waals surface area contributed by atoms with Gasteiger partial charge in [-0.05, 0) is 36.8 Å². The van der Waals surface area contributed by atoms with Gasteiger partial charge in [0.2, 0.25) is 11.8 Å². The Hall–Kier alpha value is -1.88. The molecule has 1 aromatic carbocycles. The van der Waals surface area contributed by atoms with E-state index in [0.717, 1.165) is 32.2 Å². The van der Waals surface area contributed by atoms with Crippen LogP contribution in [0.4, 0.5) is 0 Å². The predicted molar refractivity (Wildman–Crippen MR) is 101 cm³/mol. The highest BCUT2D eigenvalue weighted by Crippen LogP contribution is 2.20. The molecule has 0 spiro atoms. The molecular formula is C21H30N2O3. The van der Waals surface area contributed by atoms with E-state index in [0.29, 0.717) is 39.3 Å². The Bertz CT molecular complexity index is 608. The average Bonchev–Trinajstić information content (AvgIpc) is 2.72. The van der Waals surface area contributed by atoms with Crippen molar-refractivity contribution in [2.24, 2.45) is 5.92 Å². The molecule has 2 aliphatic rings. The minimum atomic E-state index is -0.0466. The van der Waals surface area contributed by atoms with Gasteiger partial charge >= 0.3 is 0 Å². The van der Waals surface area contributed by atoms with E-state index in [-0.39, 0.29) is 17.7 Å². The summed E-state index contributed by atoms with van der Waals surface area (Å²) in [4.78, 5) is 29.1. The Labute approximate surface area is 156 Å². The third-order valence-corrected chi connectivity index (χ3v) is 5.50. The predicted octanol–water partition coefficient (Wildman–Crippen LogP) is 2.28. The van der Waals surface area contributed by atoms with E-state index in [4.69, 9.17) is 4.74 Å². The molecule has 2 amide bonds. The first-order chi connectivity index (χ1) is 12.7. The molecule has 2 saturated heterocycles. The lowest BCUT2D eigenvalue weighted by Crippen LogP contribution is -2.49. The second kappa shape index (κ2) is 9.17. The van der Waals surface area contributed by atoms with Crippen LogP contribution in [0, 0.1) is 5.92 Å². The summed E-state index contributed by atoms with van der Waals surface area (Å²) in [6.45, 7) is 6.09. The lowest BCUT2D eigenvalue weighted by atomic mass is 9.95. The molecule has 2 aliphatic heterocycles. The fourth-order valence-corrected chi connectivity index (χ4v) is 3.80. The molecule has 0 aliphatic carbocycles. The van der Waals surface area contributed by atoms with Crippen molar-refractivity contribution in [2.45, 2.75) is 39.0 Å². The smallest absolute Gasteiger partial charge is 0.227 e. The quantitative estimate of drug-likeness (QED) is 0.811. The minimum Gasteiger partial charge on any atom is -0.378 e. The molecule has 26 heavy (non-hydrogen) atoms. The van der Waals surface area contributed by atoms with Gasteiger partial charge in [0.05, 0.1) is 19.1 Å². The van der Waals surface area contributed by atoms with E-state index in [1.165, 1.54) is 11.1 Å². The van der Waals surface area contributed by atoms with Gasteiger partial charge in [-0.1, -0.05) is 31.2 Å². The maximum Gasteiger partial charge on any atom is 0.227 e. The van der Waals surface area contributed by atoms with E-state index in [1.807, 2.05) is 9.80 Å². The standard InChI is InChI=1S/C21H30N2O3/c1-2-17-5-7-18(8-6-17)9-10-20(24)23-11-3-4-19(16-23)21(25)22-12-14-26-15-13-22/h5-8,19H,2-4,9-16H2,1H3. The van der Waals surface area contributed by atoms with Gasteiger partial charge in [0.15, 0.2) is 0 Å². The van der Waals surface area contributed by atoms with E-state index in [9.17, 15) is 9.59 Å². The second-order valence-corrected chi connectivity index (χ2v) is 7.29. The molecule has 142 valence electrons. The van der Waals surface area contributed by atoms with Gasteiger partial charge in [-0.15, -0.1) is 0 Å². The number of piperidine rings is 1. The lowest BCUT2D eigenvalue weighted by molar-refractivity contribution is -0.144. The molecular weight excluding hydrogens is 328 g/mol. The third kappa shape index (κ3) is 4.85. The number of aryl methyl sites for hydroxylation is 2. The maximum atomic E-state index is 12.7. The summed E-state index contributed by atoms with van der Waals surface area (Å²) in [6.07, 6.45) is 4.12. The molecule has 0 radical (unpaired) electrons. The van der Waals surface area contributed by atoms with Crippen molar-refractivity contribution < 1.29 is 14.3 Å². The number of likely N-dealkylation sites (tertiary alicyclic amines) is 1. The van der Waals surface area contributed by atoms with Crippen molar-refractivity contribution in [1.29, 1.82) is 0 Å². The van der Waals surface area contributed by atoms with E-state index in [2.05, 4.69) is 31.2 Å². The Morgan fingerprint density at radius 3 is 2.42 bits per heavy atom. The van der Waals surface area contributed by atoms with Crippen molar-refractivity contribution in [1.82, 2.24) is 9.80 Å². The molecule has 1 atom stereocenters.